The first-order chi connectivity index (χ1) is 13.2. The Labute approximate surface area is 158 Å². The van der Waals surface area contributed by atoms with Crippen molar-refractivity contribution < 1.29 is 9.47 Å². The zero-order valence-electron chi connectivity index (χ0n) is 15.3. The van der Waals surface area contributed by atoms with Crippen LogP contribution in [0.4, 0.5) is 5.69 Å². The van der Waals surface area contributed by atoms with Crippen molar-refractivity contribution in [1.29, 1.82) is 0 Å². The lowest BCUT2D eigenvalue weighted by molar-refractivity contribution is 0.307. The van der Waals surface area contributed by atoms with Gasteiger partial charge in [0.05, 0.1) is 18.5 Å². The van der Waals surface area contributed by atoms with Crippen molar-refractivity contribution in [3.63, 3.8) is 0 Å². The van der Waals surface area contributed by atoms with Gasteiger partial charge in [-0.2, -0.15) is 0 Å². The summed E-state index contributed by atoms with van der Waals surface area (Å²) in [6.45, 7) is 2.59. The van der Waals surface area contributed by atoms with Gasteiger partial charge >= 0.3 is 0 Å². The number of hydrogen-bond donors (Lipinski definition) is 1. The highest BCUT2D eigenvalue weighted by molar-refractivity contribution is 5.71. The van der Waals surface area contributed by atoms with Gasteiger partial charge in [-0.25, -0.2) is 4.98 Å². The van der Waals surface area contributed by atoms with Gasteiger partial charge in [-0.15, -0.1) is 0 Å². The third-order valence-electron chi connectivity index (χ3n) is 4.62. The first kappa shape index (κ1) is 17.0. The fourth-order valence-corrected chi connectivity index (χ4v) is 3.06. The van der Waals surface area contributed by atoms with Gasteiger partial charge in [0.25, 0.3) is 0 Å². The van der Waals surface area contributed by atoms with E-state index < -0.39 is 0 Å². The summed E-state index contributed by atoms with van der Waals surface area (Å²) in [5.74, 6) is 1.40. The zero-order chi connectivity index (χ0) is 18.8. The molecule has 0 radical (unpaired) electrons. The maximum absolute atomic E-state index is 6.07. The molecule has 2 heterocycles. The molecule has 5 heteroatoms. The van der Waals surface area contributed by atoms with E-state index in [1.165, 1.54) is 5.56 Å². The summed E-state index contributed by atoms with van der Waals surface area (Å²) >= 11 is 0. The Kier molecular flexibility index (Phi) is 4.42. The highest BCUT2D eigenvalue weighted by Crippen LogP contribution is 2.30. The molecule has 0 aliphatic rings. The van der Waals surface area contributed by atoms with Gasteiger partial charge in [0.1, 0.15) is 12.4 Å². The topological polar surface area (TPSA) is 61.8 Å². The number of fused-ring (bicyclic) bond motifs is 1. The Morgan fingerprint density at radius 2 is 1.89 bits per heavy atom. The minimum atomic E-state index is 0.504. The molecule has 0 amide bonds. The van der Waals surface area contributed by atoms with Gasteiger partial charge < -0.3 is 19.6 Å². The number of rotatable bonds is 5. The van der Waals surface area contributed by atoms with E-state index in [9.17, 15) is 0 Å². The molecular formula is C22H21N3O2. The van der Waals surface area contributed by atoms with Crippen LogP contribution in [0, 0.1) is 6.92 Å². The summed E-state index contributed by atoms with van der Waals surface area (Å²) in [6, 6.07) is 17.8. The third-order valence-corrected chi connectivity index (χ3v) is 4.62. The van der Waals surface area contributed by atoms with Crippen LogP contribution >= 0.6 is 0 Å². The van der Waals surface area contributed by atoms with Crippen molar-refractivity contribution in [2.24, 2.45) is 0 Å². The fraction of sp³-hybridized carbons (Fsp3) is 0.136. The average molecular weight is 359 g/mol. The van der Waals surface area contributed by atoms with Gasteiger partial charge in [0.2, 0.25) is 0 Å². The van der Waals surface area contributed by atoms with Crippen LogP contribution in [0.1, 0.15) is 11.1 Å². The molecule has 0 aliphatic carbocycles. The first-order valence-electron chi connectivity index (χ1n) is 8.74. The van der Waals surface area contributed by atoms with E-state index in [0.717, 1.165) is 28.2 Å². The maximum Gasteiger partial charge on any atom is 0.180 e. The summed E-state index contributed by atoms with van der Waals surface area (Å²) in [5.41, 5.74) is 11.5. The van der Waals surface area contributed by atoms with Crippen molar-refractivity contribution >= 4 is 11.3 Å². The fourth-order valence-electron chi connectivity index (χ4n) is 3.06. The number of benzene rings is 2. The van der Waals surface area contributed by atoms with Crippen molar-refractivity contribution in [2.45, 2.75) is 13.5 Å². The Morgan fingerprint density at radius 3 is 2.67 bits per heavy atom. The van der Waals surface area contributed by atoms with Crippen LogP contribution in [-0.2, 0) is 6.61 Å². The summed E-state index contributed by atoms with van der Waals surface area (Å²) in [5, 5.41) is 0. The largest absolute Gasteiger partial charge is 0.495 e. The van der Waals surface area contributed by atoms with E-state index in [2.05, 4.69) is 19.1 Å². The molecule has 0 spiro atoms. The van der Waals surface area contributed by atoms with Gasteiger partial charge in [-0.3, -0.25) is 0 Å². The number of anilines is 1. The Balaban J connectivity index is 1.66. The number of ether oxygens (including phenoxy) is 2. The molecule has 0 saturated heterocycles. The molecule has 0 bridgehead atoms. The lowest BCUT2D eigenvalue weighted by Crippen LogP contribution is -1.99. The first-order valence-corrected chi connectivity index (χ1v) is 8.74. The number of pyridine rings is 1. The summed E-state index contributed by atoms with van der Waals surface area (Å²) < 4.78 is 13.3. The van der Waals surface area contributed by atoms with E-state index in [1.807, 2.05) is 59.3 Å². The van der Waals surface area contributed by atoms with Gasteiger partial charge in [0, 0.05) is 18.0 Å². The highest BCUT2D eigenvalue weighted by atomic mass is 16.5. The number of methoxy groups -OCH3 is 1. The predicted octanol–water partition coefficient (Wildman–Crippen LogP) is 4.48. The van der Waals surface area contributed by atoms with Crippen molar-refractivity contribution in [3.8, 4) is 22.8 Å². The minimum absolute atomic E-state index is 0.504. The number of imidazole rings is 1. The second-order valence-electron chi connectivity index (χ2n) is 6.40. The van der Waals surface area contributed by atoms with Crippen molar-refractivity contribution in [1.82, 2.24) is 9.38 Å². The number of aromatic nitrogens is 2. The van der Waals surface area contributed by atoms with Gasteiger partial charge in [0.15, 0.2) is 11.4 Å². The lowest BCUT2D eigenvalue weighted by Gasteiger charge is -2.09. The molecule has 27 heavy (non-hydrogen) atoms. The van der Waals surface area contributed by atoms with Crippen molar-refractivity contribution in [3.05, 3.63) is 78.1 Å². The number of nitrogen functional groups attached to an aromatic ring is 1. The molecule has 0 fully saturated rings. The number of nitrogens with two attached hydrogens (primary N) is 1. The average Bonchev–Trinajstić information content (AvgIpc) is 3.12. The Bertz CT molecular complexity index is 1100. The monoisotopic (exact) mass is 359 g/mol. The van der Waals surface area contributed by atoms with Crippen molar-refractivity contribution in [2.75, 3.05) is 12.8 Å². The van der Waals surface area contributed by atoms with Gasteiger partial charge in [-0.05, 0) is 48.4 Å². The van der Waals surface area contributed by atoms with Crippen LogP contribution in [0.15, 0.2) is 67.0 Å². The summed E-state index contributed by atoms with van der Waals surface area (Å²) in [6.07, 6.45) is 3.93. The Morgan fingerprint density at radius 1 is 1.04 bits per heavy atom. The van der Waals surface area contributed by atoms with E-state index >= 15 is 0 Å². The quantitative estimate of drug-likeness (QED) is 0.534. The molecule has 0 saturated carbocycles. The molecule has 5 nitrogen and oxygen atoms in total. The smallest absolute Gasteiger partial charge is 0.180 e. The number of hydrogen-bond acceptors (Lipinski definition) is 4. The second-order valence-corrected chi connectivity index (χ2v) is 6.40. The van der Waals surface area contributed by atoms with E-state index in [1.54, 1.807) is 7.11 Å². The van der Waals surface area contributed by atoms with Crippen LogP contribution in [0.25, 0.3) is 16.9 Å². The Hall–Kier alpha value is -3.47. The van der Waals surface area contributed by atoms with Gasteiger partial charge in [-0.1, -0.05) is 24.3 Å². The van der Waals surface area contributed by atoms with Crippen LogP contribution < -0.4 is 15.2 Å². The lowest BCUT2D eigenvalue weighted by atomic mass is 10.1. The molecule has 4 rings (SSSR count). The van der Waals surface area contributed by atoms with E-state index in [-0.39, 0.29) is 0 Å². The third kappa shape index (κ3) is 3.31. The molecule has 2 aromatic heterocycles. The second kappa shape index (κ2) is 7.03. The minimum Gasteiger partial charge on any atom is -0.495 e. The maximum atomic E-state index is 6.07. The number of nitrogens with zero attached hydrogens (tertiary/aromatic N) is 2. The van der Waals surface area contributed by atoms with Crippen LogP contribution in [0.5, 0.6) is 11.5 Å². The standard InChI is InChI=1S/C22H21N3O2/c1-15-6-3-4-7-17(15)14-27-21-8-5-11-25-13-19(24-22(21)25)16-9-10-20(26-2)18(23)12-16/h3-13H,14,23H2,1-2H3. The zero-order valence-corrected chi connectivity index (χ0v) is 15.3. The highest BCUT2D eigenvalue weighted by Gasteiger charge is 2.11. The molecule has 0 unspecified atom stereocenters. The predicted molar refractivity (Wildman–Crippen MR) is 107 cm³/mol. The number of aryl methyl sites for hydroxylation is 1. The van der Waals surface area contributed by atoms with E-state index in [0.29, 0.717) is 18.0 Å². The molecule has 4 aromatic rings. The van der Waals surface area contributed by atoms with Crippen LogP contribution in [-0.4, -0.2) is 16.5 Å². The summed E-state index contributed by atoms with van der Waals surface area (Å²) in [4.78, 5) is 4.76. The van der Waals surface area contributed by atoms with E-state index in [4.69, 9.17) is 20.2 Å². The molecule has 136 valence electrons. The molecule has 2 aromatic carbocycles. The normalized spacial score (nSPS) is 10.9. The molecule has 0 atom stereocenters. The molecular weight excluding hydrogens is 338 g/mol. The SMILES string of the molecule is COc1ccc(-c2cn3cccc(OCc4ccccc4C)c3n2)cc1N. The summed E-state index contributed by atoms with van der Waals surface area (Å²) in [7, 11) is 1.61. The van der Waals surface area contributed by atoms with Crippen LogP contribution in [0.2, 0.25) is 0 Å². The molecule has 0 aliphatic heterocycles. The molecule has 2 N–H and O–H groups in total. The van der Waals surface area contributed by atoms with Crippen LogP contribution in [0.3, 0.4) is 0 Å².